The number of hydrogen-bond acceptors (Lipinski definition) is 4. The van der Waals surface area contributed by atoms with Crippen molar-refractivity contribution in [2.45, 2.75) is 18.7 Å². The smallest absolute Gasteiger partial charge is 0.248 e. The van der Waals surface area contributed by atoms with Crippen LogP contribution in [0.25, 0.3) is 6.08 Å². The van der Waals surface area contributed by atoms with Gasteiger partial charge < -0.3 is 9.73 Å². The Labute approximate surface area is 129 Å². The van der Waals surface area contributed by atoms with Gasteiger partial charge in [0.1, 0.15) is 11.5 Å². The molecule has 0 aliphatic heterocycles. The van der Waals surface area contributed by atoms with Crippen LogP contribution in [0, 0.1) is 6.92 Å². The quantitative estimate of drug-likeness (QED) is 0.859. The lowest BCUT2D eigenvalue weighted by atomic mass is 10.3. The highest BCUT2D eigenvalue weighted by molar-refractivity contribution is 7.91. The van der Waals surface area contributed by atoms with Crippen molar-refractivity contribution >= 4 is 27.5 Å². The standard InChI is InChI=1S/C16H17NO4S/c1-3-22(19,20)15-9-5-13(6-10-15)17-16(18)11-8-14-7-4-12(2)21-14/h4-11H,3H2,1-2H3,(H,17,18)/b11-8+. The molecule has 0 bridgehead atoms. The molecule has 1 aromatic carbocycles. The summed E-state index contributed by atoms with van der Waals surface area (Å²) < 4.78 is 28.7. The molecule has 0 saturated heterocycles. The molecule has 0 radical (unpaired) electrons. The van der Waals surface area contributed by atoms with E-state index in [2.05, 4.69) is 5.32 Å². The van der Waals surface area contributed by atoms with Crippen LogP contribution in [0.2, 0.25) is 0 Å². The molecule has 0 fully saturated rings. The molecular formula is C16H17NO4S. The van der Waals surface area contributed by atoms with E-state index in [9.17, 15) is 13.2 Å². The first-order chi connectivity index (χ1) is 10.4. The second-order valence-corrected chi connectivity index (χ2v) is 6.98. The van der Waals surface area contributed by atoms with Gasteiger partial charge >= 0.3 is 0 Å². The molecule has 0 spiro atoms. The second-order valence-electron chi connectivity index (χ2n) is 4.70. The van der Waals surface area contributed by atoms with Crippen molar-refractivity contribution in [3.63, 3.8) is 0 Å². The first-order valence-corrected chi connectivity index (χ1v) is 8.44. The molecule has 0 saturated carbocycles. The zero-order valence-corrected chi connectivity index (χ0v) is 13.2. The van der Waals surface area contributed by atoms with E-state index in [1.54, 1.807) is 31.2 Å². The zero-order chi connectivity index (χ0) is 16.2. The van der Waals surface area contributed by atoms with Gasteiger partial charge in [-0.3, -0.25) is 4.79 Å². The van der Waals surface area contributed by atoms with Crippen LogP contribution in [0.1, 0.15) is 18.4 Å². The molecule has 0 unspecified atom stereocenters. The molecule has 0 aliphatic rings. The summed E-state index contributed by atoms with van der Waals surface area (Å²) in [6.07, 6.45) is 2.92. The van der Waals surface area contributed by atoms with Crippen molar-refractivity contribution in [3.05, 3.63) is 54.0 Å². The number of anilines is 1. The predicted molar refractivity (Wildman–Crippen MR) is 85.3 cm³/mol. The molecule has 2 aromatic rings. The lowest BCUT2D eigenvalue weighted by Gasteiger charge is -2.04. The molecule has 0 atom stereocenters. The predicted octanol–water partition coefficient (Wildman–Crippen LogP) is 3.03. The van der Waals surface area contributed by atoms with E-state index < -0.39 is 9.84 Å². The van der Waals surface area contributed by atoms with Crippen LogP contribution in [0.3, 0.4) is 0 Å². The molecule has 1 amide bonds. The van der Waals surface area contributed by atoms with E-state index >= 15 is 0 Å². The van der Waals surface area contributed by atoms with E-state index in [0.717, 1.165) is 5.76 Å². The third-order valence-corrected chi connectivity index (χ3v) is 4.77. The fourth-order valence-electron chi connectivity index (χ4n) is 1.80. The second kappa shape index (κ2) is 6.62. The Morgan fingerprint density at radius 2 is 1.86 bits per heavy atom. The first-order valence-electron chi connectivity index (χ1n) is 6.79. The highest BCUT2D eigenvalue weighted by Crippen LogP contribution is 2.15. The van der Waals surface area contributed by atoms with Crippen LogP contribution in [0.5, 0.6) is 0 Å². The van der Waals surface area contributed by atoms with Gasteiger partial charge in [-0.2, -0.15) is 0 Å². The van der Waals surface area contributed by atoms with Crippen LogP contribution < -0.4 is 5.32 Å². The van der Waals surface area contributed by atoms with Gasteiger partial charge in [0.15, 0.2) is 9.84 Å². The highest BCUT2D eigenvalue weighted by atomic mass is 32.2. The summed E-state index contributed by atoms with van der Waals surface area (Å²) >= 11 is 0. The molecule has 6 heteroatoms. The van der Waals surface area contributed by atoms with Crippen LogP contribution in [-0.2, 0) is 14.6 Å². The highest BCUT2D eigenvalue weighted by Gasteiger charge is 2.10. The van der Waals surface area contributed by atoms with Crippen LogP contribution in [0.15, 0.2) is 51.8 Å². The van der Waals surface area contributed by atoms with Gasteiger partial charge in [-0.25, -0.2) is 8.42 Å². The van der Waals surface area contributed by atoms with E-state index in [4.69, 9.17) is 4.42 Å². The molecule has 116 valence electrons. The Bertz CT molecular complexity index is 786. The molecule has 1 aromatic heterocycles. The zero-order valence-electron chi connectivity index (χ0n) is 12.4. The number of benzene rings is 1. The van der Waals surface area contributed by atoms with Crippen molar-refractivity contribution < 1.29 is 17.6 Å². The lowest BCUT2D eigenvalue weighted by Crippen LogP contribution is -2.08. The number of rotatable bonds is 5. The molecule has 1 N–H and O–H groups in total. The Kier molecular flexibility index (Phi) is 4.82. The van der Waals surface area contributed by atoms with E-state index in [-0.39, 0.29) is 16.6 Å². The normalized spacial score (nSPS) is 11.7. The average molecular weight is 319 g/mol. The fraction of sp³-hybridized carbons (Fsp3) is 0.188. The van der Waals surface area contributed by atoms with Gasteiger partial charge in [0.05, 0.1) is 10.6 Å². The third-order valence-electron chi connectivity index (χ3n) is 3.02. The molecule has 22 heavy (non-hydrogen) atoms. The van der Waals surface area contributed by atoms with Crippen molar-refractivity contribution in [3.8, 4) is 0 Å². The number of amides is 1. The Morgan fingerprint density at radius 1 is 1.18 bits per heavy atom. The monoisotopic (exact) mass is 319 g/mol. The van der Waals surface area contributed by atoms with Crippen LogP contribution >= 0.6 is 0 Å². The average Bonchev–Trinajstić information content (AvgIpc) is 2.91. The topological polar surface area (TPSA) is 76.4 Å². The minimum absolute atomic E-state index is 0.0456. The van der Waals surface area contributed by atoms with Gasteiger partial charge in [-0.1, -0.05) is 6.92 Å². The maximum Gasteiger partial charge on any atom is 0.248 e. The van der Waals surface area contributed by atoms with Gasteiger partial charge in [-0.05, 0) is 49.4 Å². The van der Waals surface area contributed by atoms with E-state index in [1.807, 2.05) is 13.0 Å². The molecule has 0 aliphatic carbocycles. The third kappa shape index (κ3) is 4.08. The molecule has 1 heterocycles. The minimum atomic E-state index is -3.23. The van der Waals surface area contributed by atoms with Crippen molar-refractivity contribution in [1.82, 2.24) is 0 Å². The molecule has 5 nitrogen and oxygen atoms in total. The van der Waals surface area contributed by atoms with E-state index in [1.165, 1.54) is 18.2 Å². The Morgan fingerprint density at radius 3 is 2.41 bits per heavy atom. The number of furan rings is 1. The maximum atomic E-state index is 11.8. The van der Waals surface area contributed by atoms with Gasteiger partial charge in [0.2, 0.25) is 5.91 Å². The summed E-state index contributed by atoms with van der Waals surface area (Å²) in [5, 5.41) is 2.65. The summed E-state index contributed by atoms with van der Waals surface area (Å²) in [4.78, 5) is 12.0. The number of carbonyl (C=O) groups is 1. The first kappa shape index (κ1) is 16.0. The van der Waals surface area contributed by atoms with Gasteiger partial charge in [0, 0.05) is 11.8 Å². The van der Waals surface area contributed by atoms with Gasteiger partial charge in [-0.15, -0.1) is 0 Å². The lowest BCUT2D eigenvalue weighted by molar-refractivity contribution is -0.111. The minimum Gasteiger partial charge on any atom is -0.462 e. The Balaban J connectivity index is 2.01. The van der Waals surface area contributed by atoms with E-state index in [0.29, 0.717) is 11.4 Å². The fourth-order valence-corrected chi connectivity index (χ4v) is 2.68. The molecular weight excluding hydrogens is 302 g/mol. The van der Waals surface area contributed by atoms with Crippen molar-refractivity contribution in [2.75, 3.05) is 11.1 Å². The Hall–Kier alpha value is -2.34. The molecule has 2 rings (SSSR count). The summed E-state index contributed by atoms with van der Waals surface area (Å²) in [5.41, 5.74) is 0.528. The number of sulfone groups is 1. The summed E-state index contributed by atoms with van der Waals surface area (Å²) in [6.45, 7) is 3.41. The SMILES string of the molecule is CCS(=O)(=O)c1ccc(NC(=O)/C=C/c2ccc(C)o2)cc1. The van der Waals surface area contributed by atoms with Crippen molar-refractivity contribution in [1.29, 1.82) is 0 Å². The summed E-state index contributed by atoms with van der Waals surface area (Å²) in [5.74, 6) is 1.09. The van der Waals surface area contributed by atoms with Crippen molar-refractivity contribution in [2.24, 2.45) is 0 Å². The van der Waals surface area contributed by atoms with Gasteiger partial charge in [0.25, 0.3) is 0 Å². The number of hydrogen-bond donors (Lipinski definition) is 1. The van der Waals surface area contributed by atoms with Crippen LogP contribution in [-0.4, -0.2) is 20.1 Å². The summed E-state index contributed by atoms with van der Waals surface area (Å²) in [7, 11) is -3.23. The summed E-state index contributed by atoms with van der Waals surface area (Å²) in [6, 6.07) is 9.66. The number of aryl methyl sites for hydroxylation is 1. The van der Waals surface area contributed by atoms with Crippen LogP contribution in [0.4, 0.5) is 5.69 Å². The largest absolute Gasteiger partial charge is 0.462 e. The number of nitrogens with one attached hydrogen (secondary N) is 1. The maximum absolute atomic E-state index is 11.8. The number of carbonyl (C=O) groups excluding carboxylic acids is 1.